The first-order valence-electron chi connectivity index (χ1n) is 3.77. The summed E-state index contributed by atoms with van der Waals surface area (Å²) in [6, 6.07) is 7.89. The number of hydrogen-bond acceptors (Lipinski definition) is 1. The second-order valence-electron chi connectivity index (χ2n) is 2.70. The van der Waals surface area contributed by atoms with E-state index < -0.39 is 0 Å². The molecule has 0 spiro atoms. The number of halogens is 1. The highest BCUT2D eigenvalue weighted by Crippen LogP contribution is 2.21. The SMILES string of the molecule is NCc1cccc2cc(Cl)[nH]c12. The minimum atomic E-state index is 0.536. The molecule has 2 aromatic rings. The molecule has 1 aromatic carbocycles. The molecule has 0 aliphatic rings. The van der Waals surface area contributed by atoms with Crippen molar-refractivity contribution < 1.29 is 0 Å². The minimum absolute atomic E-state index is 0.536. The zero-order valence-electron chi connectivity index (χ0n) is 6.47. The summed E-state index contributed by atoms with van der Waals surface area (Å²) in [5.41, 5.74) is 7.71. The van der Waals surface area contributed by atoms with Gasteiger partial charge in [-0.05, 0) is 11.6 Å². The number of para-hydroxylation sites is 1. The van der Waals surface area contributed by atoms with Crippen molar-refractivity contribution in [1.82, 2.24) is 4.98 Å². The van der Waals surface area contributed by atoms with Crippen LogP contribution in [0.25, 0.3) is 10.9 Å². The number of H-pyrrole nitrogens is 1. The van der Waals surface area contributed by atoms with Gasteiger partial charge in [0.2, 0.25) is 0 Å². The largest absolute Gasteiger partial charge is 0.345 e. The van der Waals surface area contributed by atoms with Crippen LogP contribution in [0, 0.1) is 0 Å². The van der Waals surface area contributed by atoms with Crippen molar-refractivity contribution >= 4 is 22.5 Å². The number of hydrogen-bond donors (Lipinski definition) is 2. The fourth-order valence-electron chi connectivity index (χ4n) is 1.35. The number of fused-ring (bicyclic) bond motifs is 1. The van der Waals surface area contributed by atoms with Crippen LogP contribution in [0.3, 0.4) is 0 Å². The zero-order valence-corrected chi connectivity index (χ0v) is 7.23. The Bertz CT molecular complexity index is 406. The number of aromatic amines is 1. The molecule has 1 heterocycles. The number of benzene rings is 1. The van der Waals surface area contributed by atoms with Crippen LogP contribution in [-0.2, 0) is 6.54 Å². The van der Waals surface area contributed by atoms with E-state index >= 15 is 0 Å². The van der Waals surface area contributed by atoms with Crippen LogP contribution in [0.4, 0.5) is 0 Å². The van der Waals surface area contributed by atoms with E-state index in [1.54, 1.807) is 0 Å². The maximum absolute atomic E-state index is 5.82. The first kappa shape index (κ1) is 7.65. The van der Waals surface area contributed by atoms with Gasteiger partial charge in [-0.25, -0.2) is 0 Å². The normalized spacial score (nSPS) is 10.8. The van der Waals surface area contributed by atoms with Gasteiger partial charge in [-0.3, -0.25) is 0 Å². The third-order valence-electron chi connectivity index (χ3n) is 1.93. The standard InChI is InChI=1S/C9H9ClN2/c10-8-4-6-2-1-3-7(5-11)9(6)12-8/h1-4,12H,5,11H2. The van der Waals surface area contributed by atoms with E-state index in [2.05, 4.69) is 4.98 Å². The summed E-state index contributed by atoms with van der Waals surface area (Å²) in [6.07, 6.45) is 0. The van der Waals surface area contributed by atoms with Crippen LogP contribution in [0.2, 0.25) is 5.15 Å². The van der Waals surface area contributed by atoms with Crippen molar-refractivity contribution in [3.8, 4) is 0 Å². The summed E-state index contributed by atoms with van der Waals surface area (Å²) >= 11 is 5.82. The monoisotopic (exact) mass is 180 g/mol. The number of rotatable bonds is 1. The van der Waals surface area contributed by atoms with Crippen molar-refractivity contribution in [2.45, 2.75) is 6.54 Å². The Hall–Kier alpha value is -0.990. The molecule has 0 atom stereocenters. The van der Waals surface area contributed by atoms with Gasteiger partial charge in [-0.15, -0.1) is 0 Å². The molecule has 12 heavy (non-hydrogen) atoms. The third-order valence-corrected chi connectivity index (χ3v) is 2.13. The van der Waals surface area contributed by atoms with E-state index in [1.807, 2.05) is 24.3 Å². The lowest BCUT2D eigenvalue weighted by Gasteiger charge is -1.97. The highest BCUT2D eigenvalue weighted by Gasteiger charge is 2.01. The summed E-state index contributed by atoms with van der Waals surface area (Å²) in [7, 11) is 0. The predicted octanol–water partition coefficient (Wildman–Crippen LogP) is 2.28. The Morgan fingerprint density at radius 2 is 2.25 bits per heavy atom. The van der Waals surface area contributed by atoms with Gasteiger partial charge in [0.15, 0.2) is 0 Å². The van der Waals surface area contributed by atoms with E-state index in [1.165, 1.54) is 0 Å². The molecule has 0 fully saturated rings. The Morgan fingerprint density at radius 1 is 1.42 bits per heavy atom. The highest BCUT2D eigenvalue weighted by atomic mass is 35.5. The lowest BCUT2D eigenvalue weighted by molar-refractivity contribution is 1.08. The Morgan fingerprint density at radius 3 is 3.00 bits per heavy atom. The Balaban J connectivity index is 2.78. The van der Waals surface area contributed by atoms with Crippen molar-refractivity contribution in [1.29, 1.82) is 0 Å². The molecule has 62 valence electrons. The first-order chi connectivity index (χ1) is 5.81. The summed E-state index contributed by atoms with van der Waals surface area (Å²) in [5, 5.41) is 1.77. The van der Waals surface area contributed by atoms with Crippen LogP contribution in [-0.4, -0.2) is 4.98 Å². The molecule has 3 N–H and O–H groups in total. The summed E-state index contributed by atoms with van der Waals surface area (Å²) in [4.78, 5) is 3.06. The summed E-state index contributed by atoms with van der Waals surface area (Å²) < 4.78 is 0. The van der Waals surface area contributed by atoms with Crippen LogP contribution in [0.1, 0.15) is 5.56 Å². The second kappa shape index (κ2) is 2.81. The lowest BCUT2D eigenvalue weighted by atomic mass is 10.1. The molecule has 2 nitrogen and oxygen atoms in total. The molecule has 0 aliphatic heterocycles. The van der Waals surface area contributed by atoms with Gasteiger partial charge in [0.05, 0.1) is 5.52 Å². The number of nitrogens with one attached hydrogen (secondary N) is 1. The van der Waals surface area contributed by atoms with Crippen molar-refractivity contribution in [3.05, 3.63) is 35.0 Å². The van der Waals surface area contributed by atoms with Gasteiger partial charge in [0.1, 0.15) is 5.15 Å². The maximum Gasteiger partial charge on any atom is 0.107 e. The van der Waals surface area contributed by atoms with Gasteiger partial charge in [-0.2, -0.15) is 0 Å². The molecule has 0 saturated carbocycles. The number of aromatic nitrogens is 1. The van der Waals surface area contributed by atoms with Gasteiger partial charge in [-0.1, -0.05) is 29.8 Å². The average molecular weight is 181 g/mol. The molecule has 0 radical (unpaired) electrons. The topological polar surface area (TPSA) is 41.8 Å². The van der Waals surface area contributed by atoms with Gasteiger partial charge >= 0.3 is 0 Å². The fraction of sp³-hybridized carbons (Fsp3) is 0.111. The van der Waals surface area contributed by atoms with E-state index in [4.69, 9.17) is 17.3 Å². The Kier molecular flexibility index (Phi) is 1.79. The molecule has 0 aliphatic carbocycles. The van der Waals surface area contributed by atoms with Crippen LogP contribution in [0.15, 0.2) is 24.3 Å². The fourth-order valence-corrected chi connectivity index (χ4v) is 1.57. The molecule has 0 bridgehead atoms. The molecule has 0 unspecified atom stereocenters. The van der Waals surface area contributed by atoms with Gasteiger partial charge in [0, 0.05) is 11.9 Å². The predicted molar refractivity (Wildman–Crippen MR) is 51.2 cm³/mol. The van der Waals surface area contributed by atoms with E-state index in [9.17, 15) is 0 Å². The molecule has 0 saturated heterocycles. The second-order valence-corrected chi connectivity index (χ2v) is 3.11. The molecule has 3 heteroatoms. The van der Waals surface area contributed by atoms with Crippen molar-refractivity contribution in [2.24, 2.45) is 5.73 Å². The first-order valence-corrected chi connectivity index (χ1v) is 4.15. The summed E-state index contributed by atoms with van der Waals surface area (Å²) in [5.74, 6) is 0. The highest BCUT2D eigenvalue weighted by molar-refractivity contribution is 6.30. The minimum Gasteiger partial charge on any atom is -0.345 e. The summed E-state index contributed by atoms with van der Waals surface area (Å²) in [6.45, 7) is 0.536. The lowest BCUT2D eigenvalue weighted by Crippen LogP contribution is -1.96. The molecule has 0 amide bonds. The molecule has 2 rings (SSSR count). The quantitative estimate of drug-likeness (QED) is 0.695. The van der Waals surface area contributed by atoms with Gasteiger partial charge in [0.25, 0.3) is 0 Å². The number of nitrogens with two attached hydrogens (primary N) is 1. The van der Waals surface area contributed by atoms with Crippen molar-refractivity contribution in [3.63, 3.8) is 0 Å². The average Bonchev–Trinajstić information content (AvgIpc) is 2.44. The van der Waals surface area contributed by atoms with Crippen LogP contribution in [0.5, 0.6) is 0 Å². The molecular weight excluding hydrogens is 172 g/mol. The zero-order chi connectivity index (χ0) is 8.55. The van der Waals surface area contributed by atoms with Gasteiger partial charge < -0.3 is 10.7 Å². The Labute approximate surface area is 75.3 Å². The molecular formula is C9H9ClN2. The maximum atomic E-state index is 5.82. The van der Waals surface area contributed by atoms with E-state index in [0.717, 1.165) is 16.5 Å². The van der Waals surface area contributed by atoms with Crippen LogP contribution >= 0.6 is 11.6 Å². The third kappa shape index (κ3) is 1.09. The molecule has 1 aromatic heterocycles. The van der Waals surface area contributed by atoms with Crippen molar-refractivity contribution in [2.75, 3.05) is 0 Å². The van der Waals surface area contributed by atoms with Crippen LogP contribution < -0.4 is 5.73 Å². The smallest absolute Gasteiger partial charge is 0.107 e. The van der Waals surface area contributed by atoms with E-state index in [0.29, 0.717) is 11.7 Å². The van der Waals surface area contributed by atoms with E-state index in [-0.39, 0.29) is 0 Å².